The number of halogens is 3. The van der Waals surface area contributed by atoms with E-state index >= 15 is 0 Å². The summed E-state index contributed by atoms with van der Waals surface area (Å²) < 4.78 is 37.8. The Morgan fingerprint density at radius 3 is 2.35 bits per heavy atom. The second kappa shape index (κ2) is 5.92. The Kier molecular flexibility index (Phi) is 4.62. The Morgan fingerprint density at radius 2 is 1.85 bits per heavy atom. The molecule has 1 saturated carbocycles. The third-order valence-corrected chi connectivity index (χ3v) is 4.65. The summed E-state index contributed by atoms with van der Waals surface area (Å²) in [5.41, 5.74) is -0.556. The van der Waals surface area contributed by atoms with Crippen LogP contribution in [0.1, 0.15) is 51.9 Å². The molecule has 3 nitrogen and oxygen atoms in total. The lowest BCUT2D eigenvalue weighted by Gasteiger charge is -2.36. The van der Waals surface area contributed by atoms with Gasteiger partial charge in [0.2, 0.25) is 5.91 Å². The quantitative estimate of drug-likeness (QED) is 0.821. The first kappa shape index (κ1) is 15.6. The van der Waals surface area contributed by atoms with Crippen LogP contribution in [0.5, 0.6) is 0 Å². The van der Waals surface area contributed by atoms with E-state index in [0.717, 1.165) is 25.8 Å². The van der Waals surface area contributed by atoms with Crippen LogP contribution in [0, 0.1) is 5.92 Å². The van der Waals surface area contributed by atoms with Gasteiger partial charge in [-0.25, -0.2) is 0 Å². The van der Waals surface area contributed by atoms with Crippen molar-refractivity contribution in [1.29, 1.82) is 0 Å². The third-order valence-electron chi connectivity index (χ3n) is 4.65. The van der Waals surface area contributed by atoms with Crippen LogP contribution in [0.2, 0.25) is 0 Å². The highest BCUT2D eigenvalue weighted by Gasteiger charge is 2.42. The van der Waals surface area contributed by atoms with E-state index in [9.17, 15) is 18.0 Å². The molecule has 1 amide bonds. The fourth-order valence-electron chi connectivity index (χ4n) is 3.16. The van der Waals surface area contributed by atoms with Crippen LogP contribution in [0.25, 0.3) is 0 Å². The van der Waals surface area contributed by atoms with Crippen molar-refractivity contribution >= 4 is 5.91 Å². The van der Waals surface area contributed by atoms with Crippen LogP contribution in [-0.2, 0) is 4.79 Å². The zero-order valence-electron chi connectivity index (χ0n) is 11.9. The number of piperidine rings is 1. The topological polar surface area (TPSA) is 41.1 Å². The van der Waals surface area contributed by atoms with E-state index in [-0.39, 0.29) is 24.8 Å². The summed E-state index contributed by atoms with van der Waals surface area (Å²) in [7, 11) is 0. The van der Waals surface area contributed by atoms with Crippen LogP contribution < -0.4 is 10.6 Å². The van der Waals surface area contributed by atoms with E-state index in [4.69, 9.17) is 0 Å². The molecular formula is C14H23F3N2O. The molecule has 0 radical (unpaired) electrons. The molecule has 1 unspecified atom stereocenters. The summed E-state index contributed by atoms with van der Waals surface area (Å²) in [6.45, 7) is 2.70. The van der Waals surface area contributed by atoms with E-state index in [2.05, 4.69) is 10.6 Å². The number of carbonyl (C=O) groups excluding carboxylic acids is 1. The number of carbonyl (C=O) groups is 1. The maximum absolute atomic E-state index is 12.6. The van der Waals surface area contributed by atoms with E-state index in [0.29, 0.717) is 12.8 Å². The van der Waals surface area contributed by atoms with Gasteiger partial charge in [0.05, 0.1) is 11.5 Å². The molecule has 1 aliphatic carbocycles. The molecule has 1 aliphatic heterocycles. The first-order chi connectivity index (χ1) is 9.31. The average Bonchev–Trinajstić information content (AvgIpc) is 2.39. The zero-order valence-corrected chi connectivity index (χ0v) is 11.9. The standard InChI is InChI=1S/C14H23F3N2O/c1-13(8-2-3-9-18-13)12(20)19-11-6-4-10(5-7-11)14(15,16)17/h10-11,18H,2-9H2,1H3,(H,19,20). The largest absolute Gasteiger partial charge is 0.391 e. The fourth-order valence-corrected chi connectivity index (χ4v) is 3.16. The lowest BCUT2D eigenvalue weighted by Crippen LogP contribution is -2.59. The highest BCUT2D eigenvalue weighted by Crippen LogP contribution is 2.37. The highest BCUT2D eigenvalue weighted by atomic mass is 19.4. The molecule has 2 aliphatic rings. The van der Waals surface area contributed by atoms with Gasteiger partial charge in [-0.3, -0.25) is 4.79 Å². The van der Waals surface area contributed by atoms with E-state index in [1.807, 2.05) is 6.92 Å². The molecule has 1 heterocycles. The van der Waals surface area contributed by atoms with Gasteiger partial charge in [-0.1, -0.05) is 0 Å². The van der Waals surface area contributed by atoms with Crippen molar-refractivity contribution in [2.45, 2.75) is 69.6 Å². The van der Waals surface area contributed by atoms with Gasteiger partial charge in [0, 0.05) is 6.04 Å². The maximum Gasteiger partial charge on any atom is 0.391 e. The van der Waals surface area contributed by atoms with Crippen molar-refractivity contribution in [3.8, 4) is 0 Å². The predicted molar refractivity (Wildman–Crippen MR) is 70.2 cm³/mol. The van der Waals surface area contributed by atoms with Crippen LogP contribution in [0.4, 0.5) is 13.2 Å². The van der Waals surface area contributed by atoms with Crippen molar-refractivity contribution in [3.05, 3.63) is 0 Å². The minimum absolute atomic E-state index is 0.0624. The number of amides is 1. The minimum Gasteiger partial charge on any atom is -0.352 e. The molecule has 0 aromatic carbocycles. The van der Waals surface area contributed by atoms with Crippen LogP contribution in [0.15, 0.2) is 0 Å². The smallest absolute Gasteiger partial charge is 0.352 e. The molecule has 2 fully saturated rings. The van der Waals surface area contributed by atoms with Gasteiger partial charge in [-0.2, -0.15) is 13.2 Å². The van der Waals surface area contributed by atoms with Gasteiger partial charge < -0.3 is 10.6 Å². The number of hydrogen-bond donors (Lipinski definition) is 2. The number of rotatable bonds is 2. The van der Waals surface area contributed by atoms with Gasteiger partial charge in [0.1, 0.15) is 0 Å². The second-order valence-electron chi connectivity index (χ2n) is 6.28. The first-order valence-corrected chi connectivity index (χ1v) is 7.44. The molecule has 2 rings (SSSR count). The van der Waals surface area contributed by atoms with E-state index in [1.54, 1.807) is 0 Å². The van der Waals surface area contributed by atoms with Gasteiger partial charge in [-0.15, -0.1) is 0 Å². The van der Waals surface area contributed by atoms with Crippen LogP contribution >= 0.6 is 0 Å². The number of hydrogen-bond acceptors (Lipinski definition) is 2. The van der Waals surface area contributed by atoms with Crippen molar-refractivity contribution in [1.82, 2.24) is 10.6 Å². The molecular weight excluding hydrogens is 269 g/mol. The number of alkyl halides is 3. The Morgan fingerprint density at radius 1 is 1.20 bits per heavy atom. The Bertz CT molecular complexity index is 343. The fraction of sp³-hybridized carbons (Fsp3) is 0.929. The summed E-state index contributed by atoms with van der Waals surface area (Å²) in [6, 6.07) is -0.110. The summed E-state index contributed by atoms with van der Waals surface area (Å²) in [6.07, 6.45) is -0.130. The van der Waals surface area contributed by atoms with Gasteiger partial charge in [0.15, 0.2) is 0 Å². The molecule has 0 aromatic heterocycles. The Labute approximate surface area is 117 Å². The van der Waals surface area contributed by atoms with E-state index in [1.165, 1.54) is 0 Å². The van der Waals surface area contributed by atoms with Crippen molar-refractivity contribution in [2.24, 2.45) is 5.92 Å². The Hall–Kier alpha value is -0.780. The second-order valence-corrected chi connectivity index (χ2v) is 6.28. The summed E-state index contributed by atoms with van der Waals surface area (Å²) >= 11 is 0. The van der Waals surface area contributed by atoms with Gasteiger partial charge >= 0.3 is 6.18 Å². The molecule has 0 aromatic rings. The van der Waals surface area contributed by atoms with E-state index < -0.39 is 17.6 Å². The summed E-state index contributed by atoms with van der Waals surface area (Å²) in [5.74, 6) is -1.26. The van der Waals surface area contributed by atoms with Crippen molar-refractivity contribution in [2.75, 3.05) is 6.54 Å². The normalized spacial score (nSPS) is 35.6. The molecule has 6 heteroatoms. The SMILES string of the molecule is CC1(C(=O)NC2CCC(C(F)(F)F)CC2)CCCCN1. The van der Waals surface area contributed by atoms with Crippen molar-refractivity contribution < 1.29 is 18.0 Å². The summed E-state index contributed by atoms with van der Waals surface area (Å²) in [5, 5.41) is 6.16. The monoisotopic (exact) mass is 292 g/mol. The van der Waals surface area contributed by atoms with Gasteiger partial charge in [0.25, 0.3) is 0 Å². The lowest BCUT2D eigenvalue weighted by atomic mass is 9.84. The molecule has 1 atom stereocenters. The maximum atomic E-state index is 12.6. The Balaban J connectivity index is 1.82. The highest BCUT2D eigenvalue weighted by molar-refractivity contribution is 5.86. The first-order valence-electron chi connectivity index (χ1n) is 7.44. The molecule has 116 valence electrons. The molecule has 2 N–H and O–H groups in total. The van der Waals surface area contributed by atoms with Gasteiger partial charge in [-0.05, 0) is 58.4 Å². The molecule has 0 spiro atoms. The lowest BCUT2D eigenvalue weighted by molar-refractivity contribution is -0.182. The molecule has 1 saturated heterocycles. The summed E-state index contributed by atoms with van der Waals surface area (Å²) in [4.78, 5) is 12.3. The predicted octanol–water partition coefficient (Wildman–Crippen LogP) is 2.76. The van der Waals surface area contributed by atoms with Crippen LogP contribution in [-0.4, -0.2) is 30.2 Å². The number of nitrogens with one attached hydrogen (secondary N) is 2. The molecule has 20 heavy (non-hydrogen) atoms. The minimum atomic E-state index is -4.09. The average molecular weight is 292 g/mol. The molecule has 0 bridgehead atoms. The third kappa shape index (κ3) is 3.65. The zero-order chi connectivity index (χ0) is 14.8. The van der Waals surface area contributed by atoms with Crippen LogP contribution in [0.3, 0.4) is 0 Å². The van der Waals surface area contributed by atoms with Crippen molar-refractivity contribution in [3.63, 3.8) is 0 Å².